The molecule has 0 aliphatic heterocycles. The maximum absolute atomic E-state index is 13.7. The van der Waals surface area contributed by atoms with E-state index >= 15 is 0 Å². The summed E-state index contributed by atoms with van der Waals surface area (Å²) in [6.07, 6.45) is 3.83. The number of para-hydroxylation sites is 1. The van der Waals surface area contributed by atoms with Crippen LogP contribution in [-0.2, 0) is 17.8 Å². The second kappa shape index (κ2) is 13.0. The van der Waals surface area contributed by atoms with Crippen molar-refractivity contribution in [1.29, 1.82) is 0 Å². The summed E-state index contributed by atoms with van der Waals surface area (Å²) in [6, 6.07) is 39.7. The summed E-state index contributed by atoms with van der Waals surface area (Å²) in [5, 5.41) is 18.4. The van der Waals surface area contributed by atoms with E-state index in [-0.39, 0.29) is 17.6 Å². The number of rotatable bonds is 9. The third kappa shape index (κ3) is 6.46. The summed E-state index contributed by atoms with van der Waals surface area (Å²) in [7, 11) is 0. The summed E-state index contributed by atoms with van der Waals surface area (Å²) >= 11 is 0. The van der Waals surface area contributed by atoms with Gasteiger partial charge in [-0.3, -0.25) is 14.6 Å². The summed E-state index contributed by atoms with van der Waals surface area (Å²) in [4.78, 5) is 34.9. The van der Waals surface area contributed by atoms with Crippen molar-refractivity contribution in [3.05, 3.63) is 156 Å². The molecule has 47 heavy (non-hydrogen) atoms. The van der Waals surface area contributed by atoms with Gasteiger partial charge in [0.15, 0.2) is 0 Å². The Balaban J connectivity index is 1.11. The highest BCUT2D eigenvalue weighted by atomic mass is 16.3. The van der Waals surface area contributed by atoms with Gasteiger partial charge in [0.25, 0.3) is 5.91 Å². The molecule has 4 N–H and O–H groups in total. The molecule has 0 aliphatic rings. The van der Waals surface area contributed by atoms with Gasteiger partial charge in [0.2, 0.25) is 5.91 Å². The van der Waals surface area contributed by atoms with E-state index in [2.05, 4.69) is 32.7 Å². The van der Waals surface area contributed by atoms with E-state index in [0.29, 0.717) is 24.0 Å². The fraction of sp³-hybridized carbons (Fsp3) is 0.0750. The normalized spacial score (nSPS) is 11.7. The summed E-state index contributed by atoms with van der Waals surface area (Å²) in [5.41, 5.74) is 7.52. The molecule has 0 aliphatic carbocycles. The van der Waals surface area contributed by atoms with Gasteiger partial charge in [-0.1, -0.05) is 91.0 Å². The van der Waals surface area contributed by atoms with Crippen LogP contribution in [-0.4, -0.2) is 32.9 Å². The van der Waals surface area contributed by atoms with Crippen LogP contribution in [0.3, 0.4) is 0 Å². The van der Waals surface area contributed by atoms with Crippen LogP contribution >= 0.6 is 0 Å². The fourth-order valence-corrected chi connectivity index (χ4v) is 5.91. The molecule has 0 saturated heterocycles. The maximum Gasteiger partial charge on any atom is 0.251 e. The molecule has 2 amide bonds. The number of phenolic OH excluding ortho intramolecular Hbond substituents is 1. The standard InChI is InChI=1S/C40H32N4O3/c45-37-23-32(21-30-12-7-19-41-38(30)37)29-10-6-11-31(20-29)39(46)44-36(22-33-25-42-35-14-5-4-13-34(33)35)40(47)43-24-26-15-17-28(18-16-26)27-8-2-1-3-9-27/h1-21,23,25,36,42,45H,22,24H2,(H,43,47)(H,44,46). The summed E-state index contributed by atoms with van der Waals surface area (Å²) in [6.45, 7) is 0.323. The minimum atomic E-state index is -0.829. The number of carbonyl (C=O) groups is 2. The Bertz CT molecular complexity index is 2210. The van der Waals surface area contributed by atoms with Crippen molar-refractivity contribution < 1.29 is 14.7 Å². The van der Waals surface area contributed by atoms with E-state index in [1.165, 1.54) is 0 Å². The number of nitrogens with zero attached hydrogens (tertiary/aromatic N) is 1. The van der Waals surface area contributed by atoms with Crippen LogP contribution in [0.5, 0.6) is 5.75 Å². The number of benzene rings is 5. The number of hydrogen-bond donors (Lipinski definition) is 4. The second-order valence-electron chi connectivity index (χ2n) is 11.5. The first-order valence-corrected chi connectivity index (χ1v) is 15.5. The Hall–Kier alpha value is -6.21. The van der Waals surface area contributed by atoms with Crippen LogP contribution in [0.25, 0.3) is 44.1 Å². The van der Waals surface area contributed by atoms with Crippen LogP contribution in [0, 0.1) is 0 Å². The van der Waals surface area contributed by atoms with E-state index in [4.69, 9.17) is 0 Å². The molecule has 0 spiro atoms. The number of pyridine rings is 1. The number of aromatic amines is 1. The van der Waals surface area contributed by atoms with E-state index < -0.39 is 6.04 Å². The Morgan fingerprint density at radius 1 is 0.745 bits per heavy atom. The zero-order chi connectivity index (χ0) is 32.2. The average molecular weight is 617 g/mol. The first kappa shape index (κ1) is 29.5. The van der Waals surface area contributed by atoms with Gasteiger partial charge in [-0.15, -0.1) is 0 Å². The maximum atomic E-state index is 13.7. The number of phenols is 1. The predicted octanol–water partition coefficient (Wildman–Crippen LogP) is 7.41. The molecule has 1 unspecified atom stereocenters. The number of H-pyrrole nitrogens is 1. The molecule has 1 atom stereocenters. The quantitative estimate of drug-likeness (QED) is 0.135. The number of amides is 2. The Kier molecular flexibility index (Phi) is 8.18. The van der Waals surface area contributed by atoms with Gasteiger partial charge >= 0.3 is 0 Å². The highest BCUT2D eigenvalue weighted by molar-refractivity contribution is 5.99. The number of fused-ring (bicyclic) bond motifs is 2. The highest BCUT2D eigenvalue weighted by Gasteiger charge is 2.23. The lowest BCUT2D eigenvalue weighted by molar-refractivity contribution is -0.123. The number of hydrogen-bond acceptors (Lipinski definition) is 4. The van der Waals surface area contributed by atoms with Crippen molar-refractivity contribution in [2.75, 3.05) is 0 Å². The molecule has 5 aromatic carbocycles. The van der Waals surface area contributed by atoms with E-state index in [1.807, 2.05) is 97.2 Å². The number of aromatic nitrogens is 2. The van der Waals surface area contributed by atoms with E-state index in [1.54, 1.807) is 30.5 Å². The largest absolute Gasteiger partial charge is 0.506 e. The third-order valence-corrected chi connectivity index (χ3v) is 8.39. The molecule has 2 aromatic heterocycles. The smallest absolute Gasteiger partial charge is 0.251 e. The van der Waals surface area contributed by atoms with Crippen LogP contribution in [0.1, 0.15) is 21.5 Å². The minimum Gasteiger partial charge on any atom is -0.506 e. The predicted molar refractivity (Wildman–Crippen MR) is 186 cm³/mol. The number of nitrogens with one attached hydrogen (secondary N) is 3. The Morgan fingerprint density at radius 3 is 2.36 bits per heavy atom. The lowest BCUT2D eigenvalue weighted by Gasteiger charge is -2.19. The molecule has 0 bridgehead atoms. The zero-order valence-corrected chi connectivity index (χ0v) is 25.5. The molecule has 230 valence electrons. The third-order valence-electron chi connectivity index (χ3n) is 8.39. The average Bonchev–Trinajstić information content (AvgIpc) is 3.53. The van der Waals surface area contributed by atoms with Crippen molar-refractivity contribution in [2.45, 2.75) is 19.0 Å². The molecular weight excluding hydrogens is 584 g/mol. The first-order valence-electron chi connectivity index (χ1n) is 15.5. The summed E-state index contributed by atoms with van der Waals surface area (Å²) < 4.78 is 0. The van der Waals surface area contributed by atoms with Crippen LogP contribution < -0.4 is 10.6 Å². The molecule has 0 radical (unpaired) electrons. The van der Waals surface area contributed by atoms with Gasteiger partial charge in [0, 0.05) is 47.2 Å². The molecular formula is C40H32N4O3. The Labute approximate surface area is 271 Å². The molecule has 7 nitrogen and oxygen atoms in total. The van der Waals surface area contributed by atoms with Crippen molar-refractivity contribution in [3.8, 4) is 28.0 Å². The zero-order valence-electron chi connectivity index (χ0n) is 25.5. The van der Waals surface area contributed by atoms with Crippen LogP contribution in [0.15, 0.2) is 140 Å². The fourth-order valence-electron chi connectivity index (χ4n) is 5.91. The van der Waals surface area contributed by atoms with Crippen molar-refractivity contribution in [2.24, 2.45) is 0 Å². The van der Waals surface area contributed by atoms with Crippen LogP contribution in [0.4, 0.5) is 0 Å². The van der Waals surface area contributed by atoms with Crippen molar-refractivity contribution in [3.63, 3.8) is 0 Å². The molecule has 2 heterocycles. The molecule has 0 saturated carbocycles. The van der Waals surface area contributed by atoms with Crippen molar-refractivity contribution >= 4 is 33.6 Å². The molecule has 0 fully saturated rings. The SMILES string of the molecule is O=C(NC(Cc1c[nH]c2ccccc12)C(=O)NCc1ccc(-c2ccccc2)cc1)c1cccc(-c2cc(O)c3ncccc3c2)c1. The van der Waals surface area contributed by atoms with Gasteiger partial charge in [-0.2, -0.15) is 0 Å². The number of aromatic hydroxyl groups is 1. The van der Waals surface area contributed by atoms with Gasteiger partial charge < -0.3 is 20.7 Å². The van der Waals surface area contributed by atoms with Gasteiger partial charge in [-0.05, 0) is 69.8 Å². The van der Waals surface area contributed by atoms with E-state index in [9.17, 15) is 14.7 Å². The van der Waals surface area contributed by atoms with Crippen molar-refractivity contribution in [1.82, 2.24) is 20.6 Å². The molecule has 7 rings (SSSR count). The highest BCUT2D eigenvalue weighted by Crippen LogP contribution is 2.31. The second-order valence-corrected chi connectivity index (χ2v) is 11.5. The van der Waals surface area contributed by atoms with Crippen LogP contribution in [0.2, 0.25) is 0 Å². The lowest BCUT2D eigenvalue weighted by atomic mass is 9.99. The minimum absolute atomic E-state index is 0.0677. The van der Waals surface area contributed by atoms with Gasteiger partial charge in [0.1, 0.15) is 17.3 Å². The summed E-state index contributed by atoms with van der Waals surface area (Å²) in [5.74, 6) is -0.581. The first-order chi connectivity index (χ1) is 23.0. The Morgan fingerprint density at radius 2 is 1.51 bits per heavy atom. The lowest BCUT2D eigenvalue weighted by Crippen LogP contribution is -2.47. The van der Waals surface area contributed by atoms with Gasteiger partial charge in [0.05, 0.1) is 0 Å². The number of carbonyl (C=O) groups excluding carboxylic acids is 2. The van der Waals surface area contributed by atoms with Gasteiger partial charge in [-0.25, -0.2) is 0 Å². The molecule has 7 heteroatoms. The topological polar surface area (TPSA) is 107 Å². The monoisotopic (exact) mass is 616 g/mol. The van der Waals surface area contributed by atoms with E-state index in [0.717, 1.165) is 49.7 Å². The molecule has 7 aromatic rings.